The van der Waals surface area contributed by atoms with Crippen molar-refractivity contribution in [2.75, 3.05) is 6.61 Å². The zero-order valence-corrected chi connectivity index (χ0v) is 9.64. The van der Waals surface area contributed by atoms with Gasteiger partial charge < -0.3 is 4.74 Å². The molecule has 0 amide bonds. The fourth-order valence-electron chi connectivity index (χ4n) is 1.07. The second kappa shape index (κ2) is 8.79. The summed E-state index contributed by atoms with van der Waals surface area (Å²) >= 11 is 0. The molecule has 0 aliphatic heterocycles. The molecule has 0 radical (unpaired) electrons. The van der Waals surface area contributed by atoms with E-state index in [1.807, 2.05) is 13.0 Å². The van der Waals surface area contributed by atoms with E-state index in [9.17, 15) is 4.79 Å². The Balaban J connectivity index is 3.62. The van der Waals surface area contributed by atoms with Crippen molar-refractivity contribution in [1.29, 1.82) is 0 Å². The Bertz CT molecular complexity index is 183. The lowest BCUT2D eigenvalue weighted by Gasteiger charge is -2.03. The minimum atomic E-state index is -0.158. The van der Waals surface area contributed by atoms with Crippen molar-refractivity contribution in [2.45, 2.75) is 52.9 Å². The number of ether oxygens (including phenoxy) is 1. The van der Waals surface area contributed by atoms with Crippen LogP contribution in [0.15, 0.2) is 11.6 Å². The topological polar surface area (TPSA) is 26.3 Å². The predicted octanol–water partition coefficient (Wildman–Crippen LogP) is 3.47. The maximum atomic E-state index is 11.3. The molecule has 2 nitrogen and oxygen atoms in total. The van der Waals surface area contributed by atoms with Crippen molar-refractivity contribution >= 4 is 5.97 Å². The minimum absolute atomic E-state index is 0.158. The summed E-state index contributed by atoms with van der Waals surface area (Å²) in [4.78, 5) is 11.3. The van der Waals surface area contributed by atoms with Gasteiger partial charge in [-0.15, -0.1) is 0 Å². The molecule has 0 unspecified atom stereocenters. The van der Waals surface area contributed by atoms with E-state index in [0.717, 1.165) is 37.7 Å². The quantitative estimate of drug-likeness (QED) is 0.356. The molecule has 0 aliphatic carbocycles. The van der Waals surface area contributed by atoms with Crippen LogP contribution in [0.2, 0.25) is 0 Å². The molecule has 0 fully saturated rings. The molecule has 0 rings (SSSR count). The normalized spacial score (nSPS) is 11.5. The lowest BCUT2D eigenvalue weighted by Crippen LogP contribution is -2.06. The number of unbranched alkanes of at least 4 members (excludes halogenated alkanes) is 3. The molecule has 0 aromatic carbocycles. The second-order valence-electron chi connectivity index (χ2n) is 3.52. The first-order valence-corrected chi connectivity index (χ1v) is 5.56. The van der Waals surface area contributed by atoms with Crippen LogP contribution in [0, 0.1) is 0 Å². The molecule has 0 aliphatic rings. The van der Waals surface area contributed by atoms with E-state index < -0.39 is 0 Å². The first-order valence-electron chi connectivity index (χ1n) is 5.56. The zero-order valence-electron chi connectivity index (χ0n) is 9.64. The van der Waals surface area contributed by atoms with Crippen LogP contribution in [-0.2, 0) is 9.53 Å². The van der Waals surface area contributed by atoms with Crippen LogP contribution >= 0.6 is 0 Å². The number of hydrogen-bond donors (Lipinski definition) is 0. The monoisotopic (exact) mass is 198 g/mol. The van der Waals surface area contributed by atoms with Crippen LogP contribution in [0.5, 0.6) is 0 Å². The third-order valence-corrected chi connectivity index (χ3v) is 2.04. The standard InChI is InChI=1S/C12H22O2/c1-4-6-8-10-14-12(13)11(3)9-7-5-2/h9H,4-8,10H2,1-3H3. The molecular formula is C12H22O2. The molecule has 0 aromatic heterocycles. The molecule has 0 spiro atoms. The third-order valence-electron chi connectivity index (χ3n) is 2.04. The van der Waals surface area contributed by atoms with E-state index >= 15 is 0 Å². The van der Waals surface area contributed by atoms with Crippen molar-refractivity contribution in [2.24, 2.45) is 0 Å². The van der Waals surface area contributed by atoms with Gasteiger partial charge in [-0.1, -0.05) is 39.2 Å². The van der Waals surface area contributed by atoms with E-state index in [1.165, 1.54) is 0 Å². The minimum Gasteiger partial charge on any atom is -0.462 e. The third kappa shape index (κ3) is 6.70. The molecular weight excluding hydrogens is 176 g/mol. The average Bonchev–Trinajstić information content (AvgIpc) is 2.20. The van der Waals surface area contributed by atoms with Gasteiger partial charge in [0.1, 0.15) is 0 Å². The summed E-state index contributed by atoms with van der Waals surface area (Å²) in [5, 5.41) is 0. The highest BCUT2D eigenvalue weighted by Crippen LogP contribution is 2.02. The van der Waals surface area contributed by atoms with Gasteiger partial charge >= 0.3 is 5.97 Å². The highest BCUT2D eigenvalue weighted by Gasteiger charge is 2.03. The number of rotatable bonds is 7. The summed E-state index contributed by atoms with van der Waals surface area (Å²) < 4.78 is 5.10. The number of esters is 1. The first-order chi connectivity index (χ1) is 6.72. The van der Waals surface area contributed by atoms with Gasteiger partial charge in [0, 0.05) is 5.57 Å². The number of carbonyl (C=O) groups is 1. The Morgan fingerprint density at radius 1 is 1.21 bits per heavy atom. The molecule has 0 aromatic rings. The van der Waals surface area contributed by atoms with Crippen LogP contribution in [0.25, 0.3) is 0 Å². The summed E-state index contributed by atoms with van der Waals surface area (Å²) in [5.74, 6) is -0.158. The van der Waals surface area contributed by atoms with E-state index in [0.29, 0.717) is 6.61 Å². The van der Waals surface area contributed by atoms with Gasteiger partial charge in [-0.3, -0.25) is 0 Å². The highest BCUT2D eigenvalue weighted by atomic mass is 16.5. The van der Waals surface area contributed by atoms with E-state index in [2.05, 4.69) is 13.8 Å². The summed E-state index contributed by atoms with van der Waals surface area (Å²) in [6, 6.07) is 0. The van der Waals surface area contributed by atoms with Gasteiger partial charge in [-0.25, -0.2) is 4.79 Å². The molecule has 82 valence electrons. The predicted molar refractivity (Wildman–Crippen MR) is 59.1 cm³/mol. The average molecular weight is 198 g/mol. The summed E-state index contributed by atoms with van der Waals surface area (Å²) in [7, 11) is 0. The maximum Gasteiger partial charge on any atom is 0.333 e. The maximum absolute atomic E-state index is 11.3. The van der Waals surface area contributed by atoms with Gasteiger partial charge in [0.2, 0.25) is 0 Å². The number of allylic oxidation sites excluding steroid dienone is 1. The summed E-state index contributed by atoms with van der Waals surface area (Å²) in [5.41, 5.74) is 0.739. The molecule has 0 saturated carbocycles. The van der Waals surface area contributed by atoms with Gasteiger partial charge in [-0.2, -0.15) is 0 Å². The van der Waals surface area contributed by atoms with Crippen molar-refractivity contribution in [3.8, 4) is 0 Å². The van der Waals surface area contributed by atoms with Crippen LogP contribution in [0.1, 0.15) is 52.9 Å². The van der Waals surface area contributed by atoms with E-state index in [1.54, 1.807) is 0 Å². The summed E-state index contributed by atoms with van der Waals surface area (Å²) in [6.07, 6.45) is 7.23. The van der Waals surface area contributed by atoms with Gasteiger partial charge in [0.25, 0.3) is 0 Å². The lowest BCUT2D eigenvalue weighted by atomic mass is 10.2. The molecule has 2 heteroatoms. The fraction of sp³-hybridized carbons (Fsp3) is 0.750. The van der Waals surface area contributed by atoms with Crippen molar-refractivity contribution in [1.82, 2.24) is 0 Å². The smallest absolute Gasteiger partial charge is 0.333 e. The lowest BCUT2D eigenvalue weighted by molar-refractivity contribution is -0.139. The Labute approximate surface area is 87.3 Å². The molecule has 0 saturated heterocycles. The second-order valence-corrected chi connectivity index (χ2v) is 3.52. The van der Waals surface area contributed by atoms with Crippen LogP contribution < -0.4 is 0 Å². The van der Waals surface area contributed by atoms with Gasteiger partial charge in [0.15, 0.2) is 0 Å². The van der Waals surface area contributed by atoms with E-state index in [-0.39, 0.29) is 5.97 Å². The van der Waals surface area contributed by atoms with E-state index in [4.69, 9.17) is 4.74 Å². The van der Waals surface area contributed by atoms with Crippen LogP contribution in [0.4, 0.5) is 0 Å². The Morgan fingerprint density at radius 2 is 1.93 bits per heavy atom. The number of hydrogen-bond acceptors (Lipinski definition) is 2. The van der Waals surface area contributed by atoms with Crippen LogP contribution in [0.3, 0.4) is 0 Å². The Morgan fingerprint density at radius 3 is 2.50 bits per heavy atom. The molecule has 14 heavy (non-hydrogen) atoms. The molecule has 0 heterocycles. The van der Waals surface area contributed by atoms with Gasteiger partial charge in [0.05, 0.1) is 6.61 Å². The zero-order chi connectivity index (χ0) is 10.8. The summed E-state index contributed by atoms with van der Waals surface area (Å²) in [6.45, 7) is 6.60. The van der Waals surface area contributed by atoms with Crippen LogP contribution in [-0.4, -0.2) is 12.6 Å². The molecule has 0 bridgehead atoms. The van der Waals surface area contributed by atoms with Crippen molar-refractivity contribution in [3.63, 3.8) is 0 Å². The SMILES string of the molecule is CCCC=C(C)C(=O)OCCCCC. The highest BCUT2D eigenvalue weighted by molar-refractivity contribution is 5.87. The van der Waals surface area contributed by atoms with Crippen molar-refractivity contribution < 1.29 is 9.53 Å². The largest absolute Gasteiger partial charge is 0.462 e. The van der Waals surface area contributed by atoms with Gasteiger partial charge in [-0.05, 0) is 19.8 Å². The molecule has 0 atom stereocenters. The fourth-order valence-corrected chi connectivity index (χ4v) is 1.07. The van der Waals surface area contributed by atoms with Crippen molar-refractivity contribution in [3.05, 3.63) is 11.6 Å². The Kier molecular flexibility index (Phi) is 8.30. The molecule has 0 N–H and O–H groups in total. The first kappa shape index (κ1) is 13.2. The Hall–Kier alpha value is -0.790. The number of carbonyl (C=O) groups excluding carboxylic acids is 1.